The summed E-state index contributed by atoms with van der Waals surface area (Å²) in [5.41, 5.74) is 2.97. The largest absolute Gasteiger partial charge is 0.486 e. The van der Waals surface area contributed by atoms with E-state index in [1.165, 1.54) is 9.66 Å². The van der Waals surface area contributed by atoms with Crippen LogP contribution in [0, 0.1) is 0 Å². The van der Waals surface area contributed by atoms with Crippen molar-refractivity contribution in [1.82, 2.24) is 8.87 Å². The molecule has 3 aromatic carbocycles. The van der Waals surface area contributed by atoms with Crippen LogP contribution >= 0.6 is 15.9 Å². The zero-order valence-electron chi connectivity index (χ0n) is 21.8. The van der Waals surface area contributed by atoms with Gasteiger partial charge in [0.15, 0.2) is 11.5 Å². The fourth-order valence-electron chi connectivity index (χ4n) is 5.45. The van der Waals surface area contributed by atoms with E-state index in [0.717, 1.165) is 78.9 Å². The van der Waals surface area contributed by atoms with Crippen molar-refractivity contribution in [1.29, 1.82) is 0 Å². The zero-order chi connectivity index (χ0) is 26.8. The Hall–Kier alpha value is -3.01. The summed E-state index contributed by atoms with van der Waals surface area (Å²) in [6.07, 6.45) is 4.71. The summed E-state index contributed by atoms with van der Waals surface area (Å²) in [6, 6.07) is 20.7. The molecule has 0 aliphatic carbocycles. The van der Waals surface area contributed by atoms with Gasteiger partial charge in [-0.3, -0.25) is 4.90 Å². The van der Waals surface area contributed by atoms with Crippen LogP contribution in [0.3, 0.4) is 0 Å². The van der Waals surface area contributed by atoms with Crippen LogP contribution < -0.4 is 14.4 Å². The van der Waals surface area contributed by atoms with Gasteiger partial charge in [0.2, 0.25) is 0 Å². The Labute approximate surface area is 238 Å². The highest BCUT2D eigenvalue weighted by atomic mass is 79.9. The summed E-state index contributed by atoms with van der Waals surface area (Å²) in [6.45, 7) is 6.27. The maximum atomic E-state index is 13.4. The van der Waals surface area contributed by atoms with E-state index in [9.17, 15) is 8.42 Å². The first kappa shape index (κ1) is 26.2. The quantitative estimate of drug-likeness (QED) is 0.244. The minimum absolute atomic E-state index is 0.298. The Kier molecular flexibility index (Phi) is 7.55. The fraction of sp³-hybridized carbons (Fsp3) is 0.333. The molecule has 1 aromatic heterocycles. The molecule has 204 valence electrons. The molecule has 2 aliphatic heterocycles. The van der Waals surface area contributed by atoms with E-state index in [-0.39, 0.29) is 0 Å². The van der Waals surface area contributed by atoms with Gasteiger partial charge in [0.25, 0.3) is 10.0 Å². The highest BCUT2D eigenvalue weighted by Crippen LogP contribution is 2.34. The molecule has 7 nitrogen and oxygen atoms in total. The van der Waals surface area contributed by atoms with Gasteiger partial charge < -0.3 is 14.4 Å². The first-order valence-corrected chi connectivity index (χ1v) is 15.7. The van der Waals surface area contributed by atoms with E-state index < -0.39 is 10.0 Å². The summed E-state index contributed by atoms with van der Waals surface area (Å²) in [7, 11) is -3.67. The lowest BCUT2D eigenvalue weighted by Crippen LogP contribution is -2.46. The third-order valence-corrected chi connectivity index (χ3v) is 9.73. The average molecular weight is 611 g/mol. The summed E-state index contributed by atoms with van der Waals surface area (Å²) in [5, 5.41) is 0.983. The first-order chi connectivity index (χ1) is 19.0. The number of unbranched alkanes of at least 4 members (excludes halogenated alkanes) is 1. The van der Waals surface area contributed by atoms with Crippen LogP contribution in [0.1, 0.15) is 18.4 Å². The van der Waals surface area contributed by atoms with Crippen molar-refractivity contribution in [2.75, 3.05) is 50.8 Å². The van der Waals surface area contributed by atoms with Crippen molar-refractivity contribution in [2.45, 2.75) is 24.2 Å². The summed E-state index contributed by atoms with van der Waals surface area (Å²) in [5.74, 6) is 1.67. The van der Waals surface area contributed by atoms with Gasteiger partial charge in [-0.15, -0.1) is 0 Å². The van der Waals surface area contributed by atoms with E-state index in [0.29, 0.717) is 23.6 Å². The van der Waals surface area contributed by atoms with Crippen LogP contribution in [-0.2, 0) is 16.4 Å². The molecule has 1 saturated heterocycles. The maximum absolute atomic E-state index is 13.4. The Morgan fingerprint density at radius 2 is 1.59 bits per heavy atom. The Balaban J connectivity index is 1.06. The molecule has 0 amide bonds. The van der Waals surface area contributed by atoms with Gasteiger partial charge in [0.05, 0.1) is 10.4 Å². The van der Waals surface area contributed by atoms with Gasteiger partial charge in [-0.05, 0) is 73.8 Å². The zero-order valence-corrected chi connectivity index (χ0v) is 24.2. The summed E-state index contributed by atoms with van der Waals surface area (Å²) in [4.78, 5) is 5.23. The number of aromatic nitrogens is 1. The normalized spacial score (nSPS) is 16.1. The molecule has 0 unspecified atom stereocenters. The number of ether oxygens (including phenoxy) is 2. The molecule has 1 fully saturated rings. The van der Waals surface area contributed by atoms with E-state index in [2.05, 4.69) is 37.9 Å². The predicted octanol–water partition coefficient (Wildman–Crippen LogP) is 5.56. The van der Waals surface area contributed by atoms with E-state index >= 15 is 0 Å². The van der Waals surface area contributed by atoms with Crippen LogP contribution in [-0.4, -0.2) is 63.2 Å². The summed E-state index contributed by atoms with van der Waals surface area (Å²) >= 11 is 3.56. The van der Waals surface area contributed by atoms with Gasteiger partial charge in [-0.1, -0.05) is 34.1 Å². The molecule has 0 saturated carbocycles. The number of benzene rings is 3. The fourth-order valence-corrected chi connectivity index (χ4v) is 7.23. The van der Waals surface area contributed by atoms with Crippen molar-refractivity contribution in [3.63, 3.8) is 0 Å². The molecule has 39 heavy (non-hydrogen) atoms. The third kappa shape index (κ3) is 5.53. The molecular formula is C30H32BrN3O4S. The number of hydrogen-bond donors (Lipinski definition) is 0. The molecule has 0 atom stereocenters. The van der Waals surface area contributed by atoms with Crippen molar-refractivity contribution >= 4 is 42.5 Å². The van der Waals surface area contributed by atoms with Crippen LogP contribution in [0.25, 0.3) is 10.9 Å². The number of halogens is 1. The molecule has 0 spiro atoms. The Bertz CT molecular complexity index is 1560. The van der Waals surface area contributed by atoms with Crippen molar-refractivity contribution < 1.29 is 17.9 Å². The van der Waals surface area contributed by atoms with E-state index in [1.54, 1.807) is 24.3 Å². The highest BCUT2D eigenvalue weighted by Gasteiger charge is 2.22. The lowest BCUT2D eigenvalue weighted by molar-refractivity contribution is 0.171. The first-order valence-electron chi connectivity index (χ1n) is 13.5. The molecule has 2 aliphatic rings. The lowest BCUT2D eigenvalue weighted by Gasteiger charge is -2.36. The van der Waals surface area contributed by atoms with Gasteiger partial charge in [0.1, 0.15) is 13.2 Å². The highest BCUT2D eigenvalue weighted by molar-refractivity contribution is 9.10. The molecule has 0 N–H and O–H groups in total. The second-order valence-electron chi connectivity index (χ2n) is 10.0. The molecule has 0 radical (unpaired) electrons. The summed E-state index contributed by atoms with van der Waals surface area (Å²) < 4.78 is 40.6. The topological polar surface area (TPSA) is 64.0 Å². The van der Waals surface area contributed by atoms with E-state index in [1.807, 2.05) is 36.5 Å². The van der Waals surface area contributed by atoms with Crippen molar-refractivity contribution in [2.24, 2.45) is 0 Å². The number of hydrogen-bond acceptors (Lipinski definition) is 6. The third-order valence-electron chi connectivity index (χ3n) is 7.55. The van der Waals surface area contributed by atoms with Crippen molar-refractivity contribution in [3.05, 3.63) is 83.0 Å². The molecule has 6 rings (SSSR count). The molecule has 0 bridgehead atoms. The molecule has 4 aromatic rings. The predicted molar refractivity (Wildman–Crippen MR) is 158 cm³/mol. The Morgan fingerprint density at radius 3 is 2.38 bits per heavy atom. The van der Waals surface area contributed by atoms with Crippen LogP contribution in [0.15, 0.2) is 82.3 Å². The molecule has 3 heterocycles. The number of piperazine rings is 1. The number of fused-ring (bicyclic) bond motifs is 2. The minimum atomic E-state index is -3.67. The molecular weight excluding hydrogens is 578 g/mol. The second kappa shape index (κ2) is 11.2. The molecule has 9 heteroatoms. The van der Waals surface area contributed by atoms with E-state index in [4.69, 9.17) is 9.47 Å². The van der Waals surface area contributed by atoms with Gasteiger partial charge in [-0.2, -0.15) is 0 Å². The average Bonchev–Trinajstić information content (AvgIpc) is 3.34. The van der Waals surface area contributed by atoms with Crippen LogP contribution in [0.4, 0.5) is 5.69 Å². The Morgan fingerprint density at radius 1 is 0.821 bits per heavy atom. The van der Waals surface area contributed by atoms with Crippen LogP contribution in [0.5, 0.6) is 11.5 Å². The second-order valence-corrected chi connectivity index (χ2v) is 12.8. The monoisotopic (exact) mass is 609 g/mol. The van der Waals surface area contributed by atoms with Gasteiger partial charge in [0, 0.05) is 54.0 Å². The van der Waals surface area contributed by atoms with Gasteiger partial charge >= 0.3 is 0 Å². The minimum Gasteiger partial charge on any atom is -0.486 e. The number of nitrogens with zero attached hydrogens (tertiary/aromatic N) is 3. The number of aryl methyl sites for hydroxylation is 1. The van der Waals surface area contributed by atoms with Crippen molar-refractivity contribution in [3.8, 4) is 11.5 Å². The SMILES string of the molecule is O=S(=O)(c1ccccc1)n1cc(CCCCN2CCN(c3ccc4c(c3)OCCO4)CC2)c2cc(Br)ccc21. The lowest BCUT2D eigenvalue weighted by atomic mass is 10.1. The smallest absolute Gasteiger partial charge is 0.268 e. The standard InChI is InChI=1S/C30H32BrN3O4S/c31-24-9-11-28-27(20-24)23(22-34(28)39(35,36)26-7-2-1-3-8-26)6-4-5-13-32-14-16-33(17-15-32)25-10-12-29-30(21-25)38-19-18-37-29/h1-3,7-12,20-22H,4-6,13-19H2. The number of rotatable bonds is 8. The van der Waals surface area contributed by atoms with Gasteiger partial charge in [-0.25, -0.2) is 12.4 Å². The number of anilines is 1. The van der Waals surface area contributed by atoms with Crippen LogP contribution in [0.2, 0.25) is 0 Å². The maximum Gasteiger partial charge on any atom is 0.268 e.